The summed E-state index contributed by atoms with van der Waals surface area (Å²) in [7, 11) is 0. The minimum atomic E-state index is 0.585. The van der Waals surface area contributed by atoms with E-state index in [0.29, 0.717) is 5.92 Å². The molecule has 0 aliphatic heterocycles. The SMILES string of the molecule is O=C/C=C(\c1ccc(Cl)cc1)C1CC1. The number of carbonyl (C=O) groups is 1. The zero-order valence-corrected chi connectivity index (χ0v) is 8.50. The number of allylic oxidation sites excluding steroid dienone is 2. The lowest BCUT2D eigenvalue weighted by Crippen LogP contribution is -1.87. The van der Waals surface area contributed by atoms with Gasteiger partial charge in [0, 0.05) is 5.02 Å². The van der Waals surface area contributed by atoms with Crippen LogP contribution in [0.1, 0.15) is 18.4 Å². The summed E-state index contributed by atoms with van der Waals surface area (Å²) in [4.78, 5) is 10.5. The molecule has 0 aromatic heterocycles. The van der Waals surface area contributed by atoms with Crippen molar-refractivity contribution in [3.05, 3.63) is 40.9 Å². The van der Waals surface area contributed by atoms with Crippen molar-refractivity contribution in [3.63, 3.8) is 0 Å². The molecule has 1 aliphatic carbocycles. The number of halogens is 1. The van der Waals surface area contributed by atoms with E-state index >= 15 is 0 Å². The van der Waals surface area contributed by atoms with Gasteiger partial charge < -0.3 is 0 Å². The van der Waals surface area contributed by atoms with Crippen LogP contribution in [0, 0.1) is 5.92 Å². The highest BCUT2D eigenvalue weighted by atomic mass is 35.5. The van der Waals surface area contributed by atoms with Gasteiger partial charge in [-0.15, -0.1) is 0 Å². The number of rotatable bonds is 3. The lowest BCUT2D eigenvalue weighted by atomic mass is 10.0. The maximum Gasteiger partial charge on any atom is 0.143 e. The third-order valence-corrected chi connectivity index (χ3v) is 2.69. The molecule has 1 nitrogen and oxygen atoms in total. The molecule has 2 heteroatoms. The molecule has 1 aliphatic rings. The number of aldehydes is 1. The number of carbonyl (C=O) groups excluding carboxylic acids is 1. The first kappa shape index (κ1) is 9.47. The Bertz CT molecular complexity index is 360. The summed E-state index contributed by atoms with van der Waals surface area (Å²) in [5.41, 5.74) is 2.26. The van der Waals surface area contributed by atoms with Crippen LogP contribution in [-0.2, 0) is 4.79 Å². The second-order valence-corrected chi connectivity index (χ2v) is 3.98. The van der Waals surface area contributed by atoms with Crippen LogP contribution in [-0.4, -0.2) is 6.29 Å². The van der Waals surface area contributed by atoms with E-state index in [1.54, 1.807) is 6.08 Å². The molecule has 0 N–H and O–H groups in total. The maximum absolute atomic E-state index is 10.5. The molecule has 0 atom stereocenters. The third kappa shape index (κ3) is 2.05. The predicted octanol–water partition coefficient (Wildman–Crippen LogP) is 3.33. The summed E-state index contributed by atoms with van der Waals surface area (Å²) >= 11 is 5.80. The topological polar surface area (TPSA) is 17.1 Å². The molecule has 0 spiro atoms. The number of hydrogen-bond acceptors (Lipinski definition) is 1. The third-order valence-electron chi connectivity index (χ3n) is 2.44. The van der Waals surface area contributed by atoms with Gasteiger partial charge in [0.1, 0.15) is 6.29 Å². The van der Waals surface area contributed by atoms with E-state index in [-0.39, 0.29) is 0 Å². The molecule has 0 unspecified atom stereocenters. The first-order valence-electron chi connectivity index (χ1n) is 4.72. The van der Waals surface area contributed by atoms with Crippen LogP contribution in [0.3, 0.4) is 0 Å². The standard InChI is InChI=1S/C12H11ClO/c13-11-5-3-10(4-6-11)12(7-8-14)9-1-2-9/h3-9H,1-2H2/b12-7-. The van der Waals surface area contributed by atoms with Gasteiger partial charge >= 0.3 is 0 Å². The Hall–Kier alpha value is -1.08. The van der Waals surface area contributed by atoms with Crippen LogP contribution in [0.25, 0.3) is 5.57 Å². The normalized spacial score (nSPS) is 16.8. The van der Waals surface area contributed by atoms with E-state index in [2.05, 4.69) is 0 Å². The molecule has 1 fully saturated rings. The molecule has 0 bridgehead atoms. The Kier molecular flexibility index (Phi) is 2.69. The minimum absolute atomic E-state index is 0.585. The molecule has 0 saturated heterocycles. The monoisotopic (exact) mass is 206 g/mol. The van der Waals surface area contributed by atoms with Crippen molar-refractivity contribution in [2.75, 3.05) is 0 Å². The van der Waals surface area contributed by atoms with Gasteiger partial charge in [0.15, 0.2) is 0 Å². The van der Waals surface area contributed by atoms with Gasteiger partial charge in [-0.1, -0.05) is 23.7 Å². The molecular formula is C12H11ClO. The summed E-state index contributed by atoms with van der Waals surface area (Å²) in [6.45, 7) is 0. The molecule has 72 valence electrons. The lowest BCUT2D eigenvalue weighted by Gasteiger charge is -2.04. The Morgan fingerprint density at radius 3 is 2.43 bits per heavy atom. The van der Waals surface area contributed by atoms with Crippen LogP contribution in [0.4, 0.5) is 0 Å². The van der Waals surface area contributed by atoms with Crippen molar-refractivity contribution in [3.8, 4) is 0 Å². The van der Waals surface area contributed by atoms with Gasteiger partial charge in [0.25, 0.3) is 0 Å². The van der Waals surface area contributed by atoms with E-state index in [9.17, 15) is 4.79 Å². The van der Waals surface area contributed by atoms with E-state index in [4.69, 9.17) is 11.6 Å². The molecular weight excluding hydrogens is 196 g/mol. The van der Waals surface area contributed by atoms with Crippen molar-refractivity contribution < 1.29 is 4.79 Å². The van der Waals surface area contributed by atoms with Crippen molar-refractivity contribution in [2.45, 2.75) is 12.8 Å². The van der Waals surface area contributed by atoms with Gasteiger partial charge in [-0.05, 0) is 48.1 Å². The van der Waals surface area contributed by atoms with Gasteiger partial charge in [0.2, 0.25) is 0 Å². The van der Waals surface area contributed by atoms with Crippen molar-refractivity contribution in [1.82, 2.24) is 0 Å². The quantitative estimate of drug-likeness (QED) is 0.548. The predicted molar refractivity (Wildman–Crippen MR) is 58.2 cm³/mol. The maximum atomic E-state index is 10.5. The average molecular weight is 207 g/mol. The second kappa shape index (κ2) is 3.97. The Labute approximate surface area is 88.4 Å². The van der Waals surface area contributed by atoms with Crippen LogP contribution in [0.2, 0.25) is 5.02 Å². The summed E-state index contributed by atoms with van der Waals surface area (Å²) in [6.07, 6.45) is 4.92. The molecule has 0 amide bonds. The fourth-order valence-electron chi connectivity index (χ4n) is 1.58. The minimum Gasteiger partial charge on any atom is -0.299 e. The first-order chi connectivity index (χ1) is 6.81. The molecule has 1 saturated carbocycles. The van der Waals surface area contributed by atoms with E-state index in [1.165, 1.54) is 12.8 Å². The van der Waals surface area contributed by atoms with E-state index in [0.717, 1.165) is 22.4 Å². The molecule has 2 rings (SSSR count). The number of hydrogen-bond donors (Lipinski definition) is 0. The smallest absolute Gasteiger partial charge is 0.143 e. The fourth-order valence-corrected chi connectivity index (χ4v) is 1.70. The second-order valence-electron chi connectivity index (χ2n) is 3.54. The Balaban J connectivity index is 2.30. The van der Waals surface area contributed by atoms with Crippen LogP contribution >= 0.6 is 11.6 Å². The van der Waals surface area contributed by atoms with Crippen molar-refractivity contribution in [2.24, 2.45) is 5.92 Å². The largest absolute Gasteiger partial charge is 0.299 e. The van der Waals surface area contributed by atoms with Crippen molar-refractivity contribution in [1.29, 1.82) is 0 Å². The molecule has 0 radical (unpaired) electrons. The molecule has 14 heavy (non-hydrogen) atoms. The molecule has 0 heterocycles. The molecule has 1 aromatic carbocycles. The zero-order chi connectivity index (χ0) is 9.97. The van der Waals surface area contributed by atoms with Crippen LogP contribution in [0.5, 0.6) is 0 Å². The summed E-state index contributed by atoms with van der Waals surface area (Å²) in [5.74, 6) is 0.585. The highest BCUT2D eigenvalue weighted by Gasteiger charge is 2.26. The first-order valence-corrected chi connectivity index (χ1v) is 5.10. The fraction of sp³-hybridized carbons (Fsp3) is 0.250. The average Bonchev–Trinajstić information content (AvgIpc) is 2.99. The van der Waals surface area contributed by atoms with E-state index < -0.39 is 0 Å². The van der Waals surface area contributed by atoms with Gasteiger partial charge in [-0.3, -0.25) is 4.79 Å². The van der Waals surface area contributed by atoms with Crippen molar-refractivity contribution >= 4 is 23.5 Å². The lowest BCUT2D eigenvalue weighted by molar-refractivity contribution is -0.104. The van der Waals surface area contributed by atoms with Gasteiger partial charge in [-0.2, -0.15) is 0 Å². The van der Waals surface area contributed by atoms with E-state index in [1.807, 2.05) is 24.3 Å². The summed E-state index contributed by atoms with van der Waals surface area (Å²) in [6, 6.07) is 7.65. The van der Waals surface area contributed by atoms with Gasteiger partial charge in [0.05, 0.1) is 0 Å². The van der Waals surface area contributed by atoms with Crippen LogP contribution in [0.15, 0.2) is 30.3 Å². The van der Waals surface area contributed by atoms with Crippen LogP contribution < -0.4 is 0 Å². The summed E-state index contributed by atoms with van der Waals surface area (Å²) < 4.78 is 0. The summed E-state index contributed by atoms with van der Waals surface area (Å²) in [5, 5.41) is 0.731. The highest BCUT2D eigenvalue weighted by Crippen LogP contribution is 2.41. The zero-order valence-electron chi connectivity index (χ0n) is 7.74. The number of benzene rings is 1. The Morgan fingerprint density at radius 2 is 1.93 bits per heavy atom. The molecule has 1 aromatic rings. The highest BCUT2D eigenvalue weighted by molar-refractivity contribution is 6.30. The van der Waals surface area contributed by atoms with Gasteiger partial charge in [-0.25, -0.2) is 0 Å². The Morgan fingerprint density at radius 1 is 1.29 bits per heavy atom.